The Bertz CT molecular complexity index is 587. The molecular weight excluding hydrogens is 323 g/mol. The van der Waals surface area contributed by atoms with Crippen LogP contribution in [0.25, 0.3) is 0 Å². The molecular formula is C16H20F3N3O2. The zero-order chi connectivity index (χ0) is 17.7. The Morgan fingerprint density at radius 1 is 1.25 bits per heavy atom. The van der Waals surface area contributed by atoms with E-state index in [9.17, 15) is 22.8 Å². The van der Waals surface area contributed by atoms with Crippen LogP contribution in [0.4, 0.5) is 13.2 Å². The Balaban J connectivity index is 1.83. The largest absolute Gasteiger partial charge is 0.416 e. The molecule has 3 N–H and O–H groups in total. The average molecular weight is 343 g/mol. The summed E-state index contributed by atoms with van der Waals surface area (Å²) < 4.78 is 37.4. The molecule has 2 atom stereocenters. The van der Waals surface area contributed by atoms with Gasteiger partial charge in [-0.05, 0) is 50.6 Å². The Morgan fingerprint density at radius 2 is 1.92 bits per heavy atom. The fourth-order valence-electron chi connectivity index (χ4n) is 2.57. The number of carbonyl (C=O) groups excluding carboxylic acids is 2. The highest BCUT2D eigenvalue weighted by Crippen LogP contribution is 2.29. The molecule has 1 aromatic rings. The number of carbonyl (C=O) groups is 2. The minimum absolute atomic E-state index is 0.00854. The van der Waals surface area contributed by atoms with Crippen molar-refractivity contribution in [3.05, 3.63) is 35.4 Å². The van der Waals surface area contributed by atoms with Crippen molar-refractivity contribution in [2.45, 2.75) is 38.0 Å². The summed E-state index contributed by atoms with van der Waals surface area (Å²) >= 11 is 0. The van der Waals surface area contributed by atoms with E-state index in [4.69, 9.17) is 0 Å². The summed E-state index contributed by atoms with van der Waals surface area (Å²) in [7, 11) is 0. The van der Waals surface area contributed by atoms with Crippen LogP contribution in [0.3, 0.4) is 0 Å². The molecule has 2 unspecified atom stereocenters. The van der Waals surface area contributed by atoms with Crippen LogP contribution in [0.15, 0.2) is 24.3 Å². The summed E-state index contributed by atoms with van der Waals surface area (Å²) in [5.41, 5.74) is -0.751. The highest BCUT2D eigenvalue weighted by Gasteiger charge is 2.30. The normalized spacial score (nSPS) is 21.2. The number of amides is 2. The van der Waals surface area contributed by atoms with Gasteiger partial charge in [-0.15, -0.1) is 0 Å². The van der Waals surface area contributed by atoms with Crippen molar-refractivity contribution in [2.24, 2.45) is 0 Å². The lowest BCUT2D eigenvalue weighted by Gasteiger charge is -2.30. The zero-order valence-corrected chi connectivity index (χ0v) is 13.2. The molecule has 0 aliphatic carbocycles. The van der Waals surface area contributed by atoms with Crippen molar-refractivity contribution in [2.75, 3.05) is 13.1 Å². The molecule has 132 valence electrons. The van der Waals surface area contributed by atoms with Crippen molar-refractivity contribution < 1.29 is 22.8 Å². The van der Waals surface area contributed by atoms with Crippen LogP contribution in [-0.4, -0.2) is 37.0 Å². The fourth-order valence-corrected chi connectivity index (χ4v) is 2.57. The van der Waals surface area contributed by atoms with Gasteiger partial charge in [0.2, 0.25) is 5.91 Å². The number of alkyl halides is 3. The van der Waals surface area contributed by atoms with E-state index in [1.54, 1.807) is 0 Å². The van der Waals surface area contributed by atoms with E-state index >= 15 is 0 Å². The SMILES string of the molecule is CC1NCCCC1NC(=O)CNC(=O)c1ccc(C(F)(F)F)cc1. The first-order chi connectivity index (χ1) is 11.3. The first kappa shape index (κ1) is 18.3. The Labute approximate surface area is 138 Å². The van der Waals surface area contributed by atoms with Gasteiger partial charge in [0.15, 0.2) is 0 Å². The van der Waals surface area contributed by atoms with Crippen LogP contribution in [-0.2, 0) is 11.0 Å². The standard InChI is InChI=1S/C16H20F3N3O2/c1-10-13(3-2-8-20-10)22-14(23)9-21-15(24)11-4-6-12(7-5-11)16(17,18)19/h4-7,10,13,20H,2-3,8-9H2,1H3,(H,21,24)(H,22,23). The summed E-state index contributed by atoms with van der Waals surface area (Å²) in [4.78, 5) is 23.8. The maximum atomic E-state index is 12.5. The van der Waals surface area contributed by atoms with Crippen molar-refractivity contribution in [3.8, 4) is 0 Å². The third kappa shape index (κ3) is 4.95. The number of benzene rings is 1. The molecule has 0 spiro atoms. The van der Waals surface area contributed by atoms with Crippen LogP contribution in [0, 0.1) is 0 Å². The van der Waals surface area contributed by atoms with Gasteiger partial charge in [0.05, 0.1) is 12.1 Å². The number of halogens is 3. The molecule has 8 heteroatoms. The maximum absolute atomic E-state index is 12.5. The molecule has 0 bridgehead atoms. The molecule has 1 fully saturated rings. The predicted molar refractivity (Wildman–Crippen MR) is 82.4 cm³/mol. The van der Waals surface area contributed by atoms with Gasteiger partial charge < -0.3 is 16.0 Å². The number of hydrogen-bond donors (Lipinski definition) is 3. The van der Waals surface area contributed by atoms with E-state index < -0.39 is 17.6 Å². The molecule has 1 heterocycles. The molecule has 1 aliphatic rings. The second-order valence-corrected chi connectivity index (χ2v) is 5.82. The summed E-state index contributed by atoms with van der Waals surface area (Å²) in [6.45, 7) is 2.67. The van der Waals surface area contributed by atoms with Crippen LogP contribution >= 0.6 is 0 Å². The quantitative estimate of drug-likeness (QED) is 0.779. The molecule has 0 aromatic heterocycles. The molecule has 0 saturated carbocycles. The van der Waals surface area contributed by atoms with Gasteiger partial charge in [-0.2, -0.15) is 13.2 Å². The number of hydrogen-bond acceptors (Lipinski definition) is 3. The molecule has 1 saturated heterocycles. The van der Waals surface area contributed by atoms with Crippen molar-refractivity contribution >= 4 is 11.8 Å². The van der Waals surface area contributed by atoms with E-state index in [1.807, 2.05) is 6.92 Å². The minimum atomic E-state index is -4.44. The summed E-state index contributed by atoms with van der Waals surface area (Å²) in [6.07, 6.45) is -2.61. The Morgan fingerprint density at radius 3 is 2.50 bits per heavy atom. The second-order valence-electron chi connectivity index (χ2n) is 5.82. The number of rotatable bonds is 4. The van der Waals surface area contributed by atoms with Crippen LogP contribution < -0.4 is 16.0 Å². The Hall–Kier alpha value is -2.09. The van der Waals surface area contributed by atoms with Gasteiger partial charge >= 0.3 is 6.18 Å². The molecule has 2 amide bonds. The third-order valence-electron chi connectivity index (χ3n) is 3.99. The van der Waals surface area contributed by atoms with Crippen LogP contribution in [0.5, 0.6) is 0 Å². The van der Waals surface area contributed by atoms with Crippen molar-refractivity contribution in [3.63, 3.8) is 0 Å². The number of nitrogens with one attached hydrogen (secondary N) is 3. The van der Waals surface area contributed by atoms with Gasteiger partial charge in [0.25, 0.3) is 5.91 Å². The molecule has 2 rings (SSSR count). The first-order valence-corrected chi connectivity index (χ1v) is 7.75. The van der Waals surface area contributed by atoms with Gasteiger partial charge in [-0.3, -0.25) is 9.59 Å². The molecule has 0 radical (unpaired) electrons. The summed E-state index contributed by atoms with van der Waals surface area (Å²) in [5, 5.41) is 8.50. The Kier molecular flexibility index (Phi) is 5.82. The van der Waals surface area contributed by atoms with E-state index in [1.165, 1.54) is 0 Å². The van der Waals surface area contributed by atoms with Crippen molar-refractivity contribution in [1.29, 1.82) is 0 Å². The lowest BCUT2D eigenvalue weighted by atomic mass is 10.00. The topological polar surface area (TPSA) is 70.2 Å². The van der Waals surface area contributed by atoms with E-state index in [2.05, 4.69) is 16.0 Å². The van der Waals surface area contributed by atoms with Crippen molar-refractivity contribution in [1.82, 2.24) is 16.0 Å². The second kappa shape index (κ2) is 7.65. The van der Waals surface area contributed by atoms with Crippen LogP contribution in [0.2, 0.25) is 0 Å². The van der Waals surface area contributed by atoms with Gasteiger partial charge in [0.1, 0.15) is 0 Å². The van der Waals surface area contributed by atoms with Gasteiger partial charge in [-0.1, -0.05) is 0 Å². The first-order valence-electron chi connectivity index (χ1n) is 7.75. The monoisotopic (exact) mass is 343 g/mol. The highest BCUT2D eigenvalue weighted by molar-refractivity contribution is 5.96. The minimum Gasteiger partial charge on any atom is -0.350 e. The molecule has 24 heavy (non-hydrogen) atoms. The van der Waals surface area contributed by atoms with Gasteiger partial charge in [-0.25, -0.2) is 0 Å². The predicted octanol–water partition coefficient (Wildman–Crippen LogP) is 1.69. The lowest BCUT2D eigenvalue weighted by Crippen LogP contribution is -2.53. The average Bonchev–Trinajstić information content (AvgIpc) is 2.54. The van der Waals surface area contributed by atoms with E-state index in [-0.39, 0.29) is 30.1 Å². The van der Waals surface area contributed by atoms with E-state index in [0.717, 1.165) is 43.7 Å². The van der Waals surface area contributed by atoms with E-state index in [0.29, 0.717) is 0 Å². The van der Waals surface area contributed by atoms with Gasteiger partial charge in [0, 0.05) is 17.6 Å². The maximum Gasteiger partial charge on any atom is 0.416 e. The molecule has 1 aliphatic heterocycles. The molecule has 5 nitrogen and oxygen atoms in total. The smallest absolute Gasteiger partial charge is 0.350 e. The summed E-state index contributed by atoms with van der Waals surface area (Å²) in [6, 6.07) is 4.02. The fraction of sp³-hybridized carbons (Fsp3) is 0.500. The molecule has 1 aromatic carbocycles. The lowest BCUT2D eigenvalue weighted by molar-refractivity contribution is -0.137. The number of piperidine rings is 1. The van der Waals surface area contributed by atoms with Crippen LogP contribution in [0.1, 0.15) is 35.7 Å². The summed E-state index contributed by atoms with van der Waals surface area (Å²) in [5.74, 6) is -0.912. The third-order valence-corrected chi connectivity index (χ3v) is 3.99. The highest BCUT2D eigenvalue weighted by atomic mass is 19.4. The zero-order valence-electron chi connectivity index (χ0n) is 13.2.